The Morgan fingerprint density at radius 2 is 1.67 bits per heavy atom. The monoisotopic (exact) mass is 452 g/mol. The van der Waals surface area contributed by atoms with Gasteiger partial charge in [0, 0.05) is 38.3 Å². The molecule has 0 spiro atoms. The molecule has 30 heavy (non-hydrogen) atoms. The second kappa shape index (κ2) is 9.56. The number of methoxy groups -OCH3 is 2. The largest absolute Gasteiger partial charge is 0.493 e. The molecule has 4 rings (SSSR count). The molecule has 0 radical (unpaired) electrons. The van der Waals surface area contributed by atoms with E-state index in [1.807, 2.05) is 0 Å². The standard InChI is InChI=1S/C22H28N2O4S.ClH/c1-27-21-10-9-20(14-22(21)28-2)29(25,26)24-12-5-8-19(24)11-13-23-15-17-6-3-4-7-18(17)16-23;/h3-4,6-7,9-10,14,19H,5,8,11-13,15-16H2,1-2H3;1H. The predicted molar refractivity (Wildman–Crippen MR) is 119 cm³/mol. The van der Waals surface area contributed by atoms with Gasteiger partial charge in [-0.05, 0) is 42.5 Å². The van der Waals surface area contributed by atoms with Gasteiger partial charge in [0.25, 0.3) is 0 Å². The average molecular weight is 453 g/mol. The summed E-state index contributed by atoms with van der Waals surface area (Å²) in [5.74, 6) is 0.956. The molecule has 2 aliphatic heterocycles. The molecule has 8 heteroatoms. The third-order valence-electron chi connectivity index (χ3n) is 5.97. The van der Waals surface area contributed by atoms with E-state index in [0.717, 1.165) is 38.9 Å². The first-order valence-electron chi connectivity index (χ1n) is 10.1. The molecule has 2 heterocycles. The Hall–Kier alpha value is -1.80. The first-order chi connectivity index (χ1) is 14.0. The third-order valence-corrected chi connectivity index (χ3v) is 7.92. The van der Waals surface area contributed by atoms with E-state index in [4.69, 9.17) is 9.47 Å². The molecule has 2 aromatic rings. The summed E-state index contributed by atoms with van der Waals surface area (Å²) in [6.45, 7) is 3.37. The highest BCUT2D eigenvalue weighted by Crippen LogP contribution is 2.34. The summed E-state index contributed by atoms with van der Waals surface area (Å²) in [7, 11) is -0.510. The Bertz CT molecular complexity index is 958. The predicted octanol–water partition coefficient (Wildman–Crippen LogP) is 3.68. The van der Waals surface area contributed by atoms with Crippen LogP contribution < -0.4 is 9.47 Å². The maximum Gasteiger partial charge on any atom is 0.243 e. The lowest BCUT2D eigenvalue weighted by molar-refractivity contribution is 0.249. The number of benzene rings is 2. The zero-order valence-electron chi connectivity index (χ0n) is 17.4. The van der Waals surface area contributed by atoms with Crippen molar-refractivity contribution < 1.29 is 17.9 Å². The Kier molecular flexibility index (Phi) is 7.29. The maximum atomic E-state index is 13.3. The fraction of sp³-hybridized carbons (Fsp3) is 0.455. The SMILES string of the molecule is COc1ccc(S(=O)(=O)N2CCCC2CCN2Cc3ccccc3C2)cc1OC.Cl. The fourth-order valence-corrected chi connectivity index (χ4v) is 6.16. The molecule has 2 aromatic carbocycles. The summed E-state index contributed by atoms with van der Waals surface area (Å²) in [4.78, 5) is 2.67. The molecule has 0 aliphatic carbocycles. The highest BCUT2D eigenvalue weighted by molar-refractivity contribution is 7.89. The molecule has 2 aliphatic rings. The molecular formula is C22H29ClN2O4S. The maximum absolute atomic E-state index is 13.3. The van der Waals surface area contributed by atoms with E-state index in [-0.39, 0.29) is 23.3 Å². The van der Waals surface area contributed by atoms with Gasteiger partial charge in [-0.3, -0.25) is 4.90 Å². The van der Waals surface area contributed by atoms with E-state index in [0.29, 0.717) is 18.0 Å². The van der Waals surface area contributed by atoms with Crippen LogP contribution in [0.5, 0.6) is 11.5 Å². The van der Waals surface area contributed by atoms with Crippen LogP contribution in [0.25, 0.3) is 0 Å². The number of hydrogen-bond donors (Lipinski definition) is 0. The normalized spacial score (nSPS) is 19.3. The number of hydrogen-bond acceptors (Lipinski definition) is 5. The van der Waals surface area contributed by atoms with Gasteiger partial charge in [-0.2, -0.15) is 4.31 Å². The van der Waals surface area contributed by atoms with Crippen LogP contribution in [0, 0.1) is 0 Å². The molecule has 0 bridgehead atoms. The molecule has 0 aromatic heterocycles. The van der Waals surface area contributed by atoms with Crippen LogP contribution in [0.1, 0.15) is 30.4 Å². The third kappa shape index (κ3) is 4.44. The van der Waals surface area contributed by atoms with E-state index in [1.54, 1.807) is 29.6 Å². The molecular weight excluding hydrogens is 424 g/mol. The van der Waals surface area contributed by atoms with Gasteiger partial charge in [0.1, 0.15) is 0 Å². The molecule has 1 fully saturated rings. The topological polar surface area (TPSA) is 59.1 Å². The van der Waals surface area contributed by atoms with Crippen molar-refractivity contribution in [1.29, 1.82) is 0 Å². The van der Waals surface area contributed by atoms with Crippen LogP contribution in [0.3, 0.4) is 0 Å². The summed E-state index contributed by atoms with van der Waals surface area (Å²) in [6.07, 6.45) is 2.66. The van der Waals surface area contributed by atoms with Crippen LogP contribution in [0.4, 0.5) is 0 Å². The molecule has 1 atom stereocenters. The van der Waals surface area contributed by atoms with Crippen molar-refractivity contribution in [3.05, 3.63) is 53.6 Å². The Morgan fingerprint density at radius 1 is 1.00 bits per heavy atom. The van der Waals surface area contributed by atoms with Crippen molar-refractivity contribution in [2.24, 2.45) is 0 Å². The smallest absolute Gasteiger partial charge is 0.243 e. The number of nitrogens with zero attached hydrogens (tertiary/aromatic N) is 2. The van der Waals surface area contributed by atoms with Crippen molar-refractivity contribution >= 4 is 22.4 Å². The number of rotatable bonds is 7. The van der Waals surface area contributed by atoms with E-state index in [2.05, 4.69) is 29.2 Å². The Balaban J connectivity index is 0.00000256. The lowest BCUT2D eigenvalue weighted by Crippen LogP contribution is -2.37. The van der Waals surface area contributed by atoms with Crippen LogP contribution in [0.2, 0.25) is 0 Å². The number of sulfonamides is 1. The first kappa shape index (κ1) is 22.9. The van der Waals surface area contributed by atoms with Crippen LogP contribution in [-0.4, -0.2) is 51.0 Å². The zero-order valence-corrected chi connectivity index (χ0v) is 19.0. The van der Waals surface area contributed by atoms with Crippen LogP contribution in [-0.2, 0) is 23.1 Å². The van der Waals surface area contributed by atoms with Crippen molar-refractivity contribution in [3.8, 4) is 11.5 Å². The lowest BCUT2D eigenvalue weighted by Gasteiger charge is -2.26. The Morgan fingerprint density at radius 3 is 2.30 bits per heavy atom. The minimum atomic E-state index is -3.57. The van der Waals surface area contributed by atoms with Gasteiger partial charge in [-0.25, -0.2) is 8.42 Å². The van der Waals surface area contributed by atoms with Gasteiger partial charge in [0.05, 0.1) is 19.1 Å². The average Bonchev–Trinajstić information content (AvgIpc) is 3.38. The molecule has 1 saturated heterocycles. The number of fused-ring (bicyclic) bond motifs is 1. The molecule has 164 valence electrons. The molecule has 6 nitrogen and oxygen atoms in total. The van der Waals surface area contributed by atoms with Gasteiger partial charge in [-0.15, -0.1) is 12.4 Å². The van der Waals surface area contributed by atoms with Gasteiger partial charge in [0.2, 0.25) is 10.0 Å². The van der Waals surface area contributed by atoms with Crippen LogP contribution >= 0.6 is 12.4 Å². The van der Waals surface area contributed by atoms with Crippen molar-refractivity contribution in [2.75, 3.05) is 27.3 Å². The van der Waals surface area contributed by atoms with Crippen LogP contribution in [0.15, 0.2) is 47.4 Å². The van der Waals surface area contributed by atoms with Crippen molar-refractivity contribution in [2.45, 2.75) is 43.3 Å². The van der Waals surface area contributed by atoms with E-state index in [9.17, 15) is 8.42 Å². The highest BCUT2D eigenvalue weighted by atomic mass is 35.5. The second-order valence-corrected chi connectivity index (χ2v) is 9.59. The van der Waals surface area contributed by atoms with E-state index >= 15 is 0 Å². The van der Waals surface area contributed by atoms with Gasteiger partial charge < -0.3 is 9.47 Å². The first-order valence-corrected chi connectivity index (χ1v) is 11.5. The van der Waals surface area contributed by atoms with Gasteiger partial charge >= 0.3 is 0 Å². The number of halogens is 1. The lowest BCUT2D eigenvalue weighted by atomic mass is 10.1. The van der Waals surface area contributed by atoms with E-state index in [1.165, 1.54) is 18.2 Å². The molecule has 0 N–H and O–H groups in total. The summed E-state index contributed by atoms with van der Waals surface area (Å²) < 4.78 is 38.8. The quantitative estimate of drug-likeness (QED) is 0.641. The minimum absolute atomic E-state index is 0. The second-order valence-electron chi connectivity index (χ2n) is 7.70. The van der Waals surface area contributed by atoms with Gasteiger partial charge in [-0.1, -0.05) is 24.3 Å². The molecule has 0 saturated carbocycles. The minimum Gasteiger partial charge on any atom is -0.493 e. The van der Waals surface area contributed by atoms with Crippen molar-refractivity contribution in [3.63, 3.8) is 0 Å². The zero-order chi connectivity index (χ0) is 20.4. The summed E-state index contributed by atoms with van der Waals surface area (Å²) in [5.41, 5.74) is 2.77. The highest BCUT2D eigenvalue weighted by Gasteiger charge is 2.36. The molecule has 1 unspecified atom stereocenters. The summed E-state index contributed by atoms with van der Waals surface area (Å²) >= 11 is 0. The Labute approximate surface area is 185 Å². The summed E-state index contributed by atoms with van der Waals surface area (Å²) in [5, 5.41) is 0. The number of ether oxygens (including phenoxy) is 2. The molecule has 0 amide bonds. The summed E-state index contributed by atoms with van der Waals surface area (Å²) in [6, 6.07) is 13.4. The van der Waals surface area contributed by atoms with E-state index < -0.39 is 10.0 Å². The fourth-order valence-electron chi connectivity index (χ4n) is 4.42. The van der Waals surface area contributed by atoms with Gasteiger partial charge in [0.15, 0.2) is 11.5 Å². The van der Waals surface area contributed by atoms with Crippen molar-refractivity contribution in [1.82, 2.24) is 9.21 Å².